The number of para-hydroxylation sites is 3. The zero-order valence-corrected chi connectivity index (χ0v) is 27.1. The Morgan fingerprint density at radius 2 is 1.00 bits per heavy atom. The van der Waals surface area contributed by atoms with E-state index in [1.807, 2.05) is 0 Å². The molecule has 0 radical (unpaired) electrons. The van der Waals surface area contributed by atoms with Crippen LogP contribution in [0, 0.1) is 0 Å². The Morgan fingerprint density at radius 1 is 0.442 bits per heavy atom. The van der Waals surface area contributed by atoms with Crippen molar-refractivity contribution in [1.29, 1.82) is 0 Å². The smallest absolute Gasteiger partial charge is 0.143 e. The molecule has 52 heavy (non-hydrogen) atoms. The second-order valence-corrected chi connectivity index (χ2v) is 12.7. The van der Waals surface area contributed by atoms with Crippen molar-refractivity contribution < 1.29 is 37.6 Å². The van der Waals surface area contributed by atoms with E-state index in [0.717, 1.165) is 11.3 Å². The van der Waals surface area contributed by atoms with Gasteiger partial charge in [0.05, 0.1) is 39.9 Å². The summed E-state index contributed by atoms with van der Waals surface area (Å²) in [6, 6.07) is 1.38. The molecule has 3 nitrogen and oxygen atoms in total. The van der Waals surface area contributed by atoms with Crippen molar-refractivity contribution in [2.24, 2.45) is 0 Å². The van der Waals surface area contributed by atoms with Gasteiger partial charge < -0.3 is 13.7 Å². The van der Waals surface area contributed by atoms with E-state index in [4.69, 9.17) is 36.2 Å². The predicted molar refractivity (Wildman–Crippen MR) is 219 cm³/mol. The van der Waals surface area contributed by atoms with E-state index in [1.54, 1.807) is 24.3 Å². The van der Waals surface area contributed by atoms with E-state index in [9.17, 15) is 1.37 Å². The lowest BCUT2D eigenvalue weighted by Gasteiger charge is -2.26. The third-order valence-corrected chi connectivity index (χ3v) is 9.98. The normalized spacial score (nSPS) is 17.5. The fourth-order valence-electron chi connectivity index (χ4n) is 6.54. The SMILES string of the molecule is [2H]c1c([2H])c([2H])c2c(oc3c(-c4ccc(N(c5ccc(-c6c([2H])c([2H])c([2H])c7c6sc6c([2H])c([2H])c([2H])c([2H])c67)cc5)c5c([2H])c([2H])c([2H])c6oc7c([2H])c([2H])c([2H])c([2H])c7c56)cc4)c([2H])c([2H])c([2H])c32)c1[2H]. The van der Waals surface area contributed by atoms with Crippen LogP contribution in [0.25, 0.3) is 86.3 Å². The monoisotopic (exact) mass is 704 g/mol. The number of nitrogens with zero attached hydrogens (tertiary/aromatic N) is 1. The summed E-state index contributed by atoms with van der Waals surface area (Å²) in [5, 5.41) is -0.445. The van der Waals surface area contributed by atoms with Crippen molar-refractivity contribution in [2.75, 3.05) is 4.90 Å². The quantitative estimate of drug-likeness (QED) is 0.179. The van der Waals surface area contributed by atoms with Crippen LogP contribution in [-0.4, -0.2) is 0 Å². The van der Waals surface area contributed by atoms with Crippen LogP contribution in [-0.2, 0) is 0 Å². The standard InChI is InChI=1S/C48H29NO2S/c1-4-18-42-36(10-1)38-15-7-13-34(47(38)51-42)30-22-26-32(27-23-30)49(41-17-9-20-44-46(41)40-12-2-5-19-43(40)50-44)33-28-24-31(25-29-33)35-14-8-16-39-37-11-3-6-21-45(37)52-48(35)39/h1-29H/i1D,2D,3D,4D,5D,6D,7D,8D,9D,10D,11D,12D,13D,14D,15D,16D,17D,18D,19D,20D,21D. The summed E-state index contributed by atoms with van der Waals surface area (Å²) >= 11 is 0.950. The molecule has 0 N–H and O–H groups in total. The number of anilines is 3. The molecular formula is C48H29NO2S. The summed E-state index contributed by atoms with van der Waals surface area (Å²) in [5.41, 5.74) is -0.181. The van der Waals surface area contributed by atoms with Gasteiger partial charge >= 0.3 is 0 Å². The summed E-state index contributed by atoms with van der Waals surface area (Å²) in [5.74, 6) is 0. The second-order valence-electron chi connectivity index (χ2n) is 11.7. The summed E-state index contributed by atoms with van der Waals surface area (Å²) in [4.78, 5) is 1.46. The van der Waals surface area contributed by atoms with Gasteiger partial charge in [-0.2, -0.15) is 0 Å². The molecule has 0 bridgehead atoms. The average Bonchev–Trinajstić information content (AvgIpc) is 4.11. The molecule has 0 aliphatic rings. The van der Waals surface area contributed by atoms with Crippen molar-refractivity contribution in [3.63, 3.8) is 0 Å². The molecule has 0 spiro atoms. The molecule has 0 atom stereocenters. The van der Waals surface area contributed by atoms with Gasteiger partial charge in [0.1, 0.15) is 22.3 Å². The molecule has 4 heteroatoms. The van der Waals surface area contributed by atoms with Gasteiger partial charge in [-0.25, -0.2) is 0 Å². The van der Waals surface area contributed by atoms with Gasteiger partial charge in [-0.05, 0) is 71.2 Å². The average molecular weight is 705 g/mol. The lowest BCUT2D eigenvalue weighted by Crippen LogP contribution is -2.10. The maximum atomic E-state index is 9.46. The first kappa shape index (κ1) is 15.3. The Bertz CT molecular complexity index is 4140. The third-order valence-electron chi connectivity index (χ3n) is 8.85. The van der Waals surface area contributed by atoms with Gasteiger partial charge in [0.2, 0.25) is 0 Å². The number of fused-ring (bicyclic) bond motifs is 9. The highest BCUT2D eigenvalue weighted by Gasteiger charge is 2.20. The van der Waals surface area contributed by atoms with Crippen LogP contribution >= 0.6 is 11.3 Å². The summed E-state index contributed by atoms with van der Waals surface area (Å²) in [6.45, 7) is 0. The van der Waals surface area contributed by atoms with Crippen LogP contribution in [0.3, 0.4) is 0 Å². The number of benzene rings is 8. The fraction of sp³-hybridized carbons (Fsp3) is 0. The molecule has 3 heterocycles. The predicted octanol–water partition coefficient (Wildman–Crippen LogP) is 14.7. The molecule has 0 saturated heterocycles. The van der Waals surface area contributed by atoms with Crippen LogP contribution in [0.5, 0.6) is 0 Å². The first-order chi connectivity index (χ1) is 34.5. The number of hydrogen-bond acceptors (Lipinski definition) is 4. The van der Waals surface area contributed by atoms with Crippen molar-refractivity contribution in [3.05, 3.63) is 175 Å². The molecule has 0 saturated carbocycles. The topological polar surface area (TPSA) is 29.5 Å². The zero-order chi connectivity index (χ0) is 52.4. The Kier molecular flexibility index (Phi) is 3.38. The van der Waals surface area contributed by atoms with Gasteiger partial charge in [-0.3, -0.25) is 0 Å². The first-order valence-electron chi connectivity index (χ1n) is 26.3. The molecular weight excluding hydrogens is 655 g/mol. The Balaban J connectivity index is 1.18. The van der Waals surface area contributed by atoms with Gasteiger partial charge in [0, 0.05) is 53.3 Å². The number of rotatable bonds is 5. The highest BCUT2D eigenvalue weighted by Crippen LogP contribution is 2.45. The van der Waals surface area contributed by atoms with Gasteiger partial charge in [0.25, 0.3) is 0 Å². The minimum Gasteiger partial charge on any atom is -0.456 e. The van der Waals surface area contributed by atoms with Crippen LogP contribution in [0.15, 0.2) is 184 Å². The van der Waals surface area contributed by atoms with Gasteiger partial charge in [-0.1, -0.05) is 121 Å². The number of furan rings is 2. The summed E-state index contributed by atoms with van der Waals surface area (Å²) < 4.78 is 195. The van der Waals surface area contributed by atoms with E-state index in [2.05, 4.69) is 0 Å². The van der Waals surface area contributed by atoms with Crippen LogP contribution in [0.2, 0.25) is 0 Å². The first-order valence-corrected chi connectivity index (χ1v) is 16.6. The molecule has 0 unspecified atom stereocenters. The minimum absolute atomic E-state index is 0.0295. The van der Waals surface area contributed by atoms with E-state index in [0.29, 0.717) is 5.56 Å². The molecule has 0 aliphatic carbocycles. The molecule has 244 valence electrons. The molecule has 0 fully saturated rings. The van der Waals surface area contributed by atoms with Crippen LogP contribution in [0.4, 0.5) is 17.1 Å². The van der Waals surface area contributed by atoms with E-state index < -0.39 is 115 Å². The third kappa shape index (κ3) is 4.45. The van der Waals surface area contributed by atoms with Crippen molar-refractivity contribution in [2.45, 2.75) is 0 Å². The molecule has 0 amide bonds. The van der Waals surface area contributed by atoms with Crippen LogP contribution < -0.4 is 4.90 Å². The molecule has 3 aromatic heterocycles. The summed E-state index contributed by atoms with van der Waals surface area (Å²) in [7, 11) is 0. The Labute approximate surface area is 332 Å². The van der Waals surface area contributed by atoms with Gasteiger partial charge in [0.15, 0.2) is 0 Å². The second kappa shape index (κ2) is 11.5. The molecule has 11 aromatic rings. The van der Waals surface area contributed by atoms with Crippen molar-refractivity contribution >= 4 is 92.4 Å². The molecule has 8 aromatic carbocycles. The Morgan fingerprint density at radius 3 is 1.77 bits per heavy atom. The van der Waals surface area contributed by atoms with E-state index in [1.165, 1.54) is 29.2 Å². The van der Waals surface area contributed by atoms with Gasteiger partial charge in [-0.15, -0.1) is 11.3 Å². The fourth-order valence-corrected chi connectivity index (χ4v) is 7.62. The van der Waals surface area contributed by atoms with E-state index in [-0.39, 0.29) is 110 Å². The maximum absolute atomic E-state index is 9.46. The minimum atomic E-state index is -0.637. The highest BCUT2D eigenvalue weighted by atomic mass is 32.1. The van der Waals surface area contributed by atoms with Crippen molar-refractivity contribution in [3.8, 4) is 22.3 Å². The van der Waals surface area contributed by atoms with Crippen LogP contribution in [0.1, 0.15) is 28.8 Å². The Hall–Kier alpha value is -6.62. The zero-order valence-electron chi connectivity index (χ0n) is 47.3. The maximum Gasteiger partial charge on any atom is 0.143 e. The summed E-state index contributed by atoms with van der Waals surface area (Å²) in [6.07, 6.45) is 0. The molecule has 11 rings (SSSR count). The number of thiophene rings is 1. The highest BCUT2D eigenvalue weighted by molar-refractivity contribution is 7.26. The lowest BCUT2D eigenvalue weighted by molar-refractivity contribution is 0.669. The van der Waals surface area contributed by atoms with Crippen molar-refractivity contribution in [1.82, 2.24) is 0 Å². The van der Waals surface area contributed by atoms with E-state index >= 15 is 0 Å². The number of hydrogen-bond donors (Lipinski definition) is 0. The largest absolute Gasteiger partial charge is 0.456 e. The lowest BCUT2D eigenvalue weighted by atomic mass is 10.0. The molecule has 0 aliphatic heterocycles.